The first kappa shape index (κ1) is 33.7. The molecule has 2 N–H and O–H groups in total. The summed E-state index contributed by atoms with van der Waals surface area (Å²) in [4.78, 5) is 26.0. The van der Waals surface area contributed by atoms with Gasteiger partial charge in [-0.25, -0.2) is 4.79 Å². The second kappa shape index (κ2) is 11.4. The molecular formula is C39H56O7. The number of hydrogen-bond acceptors (Lipinski definition) is 7. The van der Waals surface area contributed by atoms with Gasteiger partial charge in [0.25, 0.3) is 0 Å². The highest BCUT2D eigenvalue weighted by Gasteiger charge is 2.69. The molecule has 1 aromatic carbocycles. The second-order valence-corrected chi connectivity index (χ2v) is 17.2. The smallest absolute Gasteiger partial charge is 0.338 e. The molecule has 1 saturated heterocycles. The predicted molar refractivity (Wildman–Crippen MR) is 176 cm³/mol. The first-order chi connectivity index (χ1) is 21.5. The number of esters is 2. The van der Waals surface area contributed by atoms with Crippen LogP contribution in [-0.2, 0) is 19.0 Å². The molecule has 1 aromatic rings. The van der Waals surface area contributed by atoms with Crippen LogP contribution in [0.15, 0.2) is 42.0 Å². The number of fused-ring (bicyclic) bond motifs is 5. The Morgan fingerprint density at radius 1 is 0.848 bits per heavy atom. The number of aliphatic hydroxyl groups is 2. The Bertz CT molecular complexity index is 1370. The van der Waals surface area contributed by atoms with Gasteiger partial charge >= 0.3 is 11.9 Å². The summed E-state index contributed by atoms with van der Waals surface area (Å²) in [6.07, 6.45) is 6.02. The zero-order chi connectivity index (χ0) is 33.4. The SMILES string of the molecule is CC(=O)OC1CC(OC(=O)c2ccccc2)C(C)(C)C2CCC3(C)C4=CCC(C5COC(C)(C)C(O)C(O)C5)C4(C)CCC3C12C. The molecule has 1 heterocycles. The summed E-state index contributed by atoms with van der Waals surface area (Å²) in [5, 5.41) is 21.8. The number of carbonyl (C=O) groups excluding carboxylic acids is 2. The van der Waals surface area contributed by atoms with Crippen LogP contribution < -0.4 is 0 Å². The molecule has 0 bridgehead atoms. The van der Waals surface area contributed by atoms with E-state index in [-0.39, 0.29) is 57.6 Å². The molecule has 11 unspecified atom stereocenters. The molecular weight excluding hydrogens is 580 g/mol. The van der Waals surface area contributed by atoms with Crippen LogP contribution in [0.25, 0.3) is 0 Å². The summed E-state index contributed by atoms with van der Waals surface area (Å²) < 4.78 is 18.8. The van der Waals surface area contributed by atoms with Gasteiger partial charge in [0.05, 0.1) is 23.9 Å². The van der Waals surface area contributed by atoms with E-state index in [1.54, 1.807) is 12.1 Å². The van der Waals surface area contributed by atoms with Gasteiger partial charge in [-0.1, -0.05) is 64.5 Å². The van der Waals surface area contributed by atoms with Gasteiger partial charge in [-0.05, 0) is 99.0 Å². The van der Waals surface area contributed by atoms with Crippen molar-refractivity contribution in [3.63, 3.8) is 0 Å². The van der Waals surface area contributed by atoms with Crippen molar-refractivity contribution in [2.45, 2.75) is 130 Å². The molecule has 4 aliphatic carbocycles. The standard InChI is InChI=1S/C39H56O7/c1-23(40)45-32-21-31(46-34(43)24-12-10-9-11-13-24)35(2,3)28-16-19-38(7)29-15-14-26(37(29,6)18-17-30(38)39(28,32)8)25-20-27(41)33(42)36(4,5)44-22-25/h9-13,15,25-28,30-33,41-42H,14,16-22H2,1-8H3. The van der Waals surface area contributed by atoms with Gasteiger partial charge in [-0.3, -0.25) is 4.79 Å². The fourth-order valence-electron chi connectivity index (χ4n) is 11.7. The molecule has 0 radical (unpaired) electrons. The molecule has 5 aliphatic rings. The van der Waals surface area contributed by atoms with Crippen LogP contribution in [0, 0.1) is 45.3 Å². The fourth-order valence-corrected chi connectivity index (χ4v) is 11.7. The van der Waals surface area contributed by atoms with E-state index in [9.17, 15) is 19.8 Å². The van der Waals surface area contributed by atoms with Crippen LogP contribution in [0.2, 0.25) is 0 Å². The van der Waals surface area contributed by atoms with Gasteiger partial charge in [0.2, 0.25) is 0 Å². The van der Waals surface area contributed by atoms with Gasteiger partial charge in [0.15, 0.2) is 0 Å². The molecule has 0 spiro atoms. The van der Waals surface area contributed by atoms with Gasteiger partial charge in [0.1, 0.15) is 18.3 Å². The molecule has 11 atom stereocenters. The second-order valence-electron chi connectivity index (χ2n) is 17.2. The highest BCUT2D eigenvalue weighted by atomic mass is 16.6. The number of benzene rings is 1. The topological polar surface area (TPSA) is 102 Å². The summed E-state index contributed by atoms with van der Waals surface area (Å²) in [5.41, 5.74) is 0.559. The quantitative estimate of drug-likeness (QED) is 0.274. The first-order valence-electron chi connectivity index (χ1n) is 17.6. The Morgan fingerprint density at radius 2 is 1.50 bits per heavy atom. The van der Waals surface area contributed by atoms with Gasteiger partial charge < -0.3 is 24.4 Å². The van der Waals surface area contributed by atoms with E-state index in [1.165, 1.54) is 12.5 Å². The maximum atomic E-state index is 13.3. The van der Waals surface area contributed by atoms with Crippen LogP contribution in [0.1, 0.15) is 111 Å². The number of hydrogen-bond donors (Lipinski definition) is 2. The highest BCUT2D eigenvalue weighted by Crippen LogP contribution is 2.73. The van der Waals surface area contributed by atoms with Crippen LogP contribution in [0.5, 0.6) is 0 Å². The van der Waals surface area contributed by atoms with Crippen LogP contribution in [0.3, 0.4) is 0 Å². The van der Waals surface area contributed by atoms with E-state index in [0.717, 1.165) is 32.1 Å². The Hall–Kier alpha value is -2.22. The lowest BCUT2D eigenvalue weighted by molar-refractivity contribution is -0.235. The van der Waals surface area contributed by atoms with E-state index >= 15 is 0 Å². The summed E-state index contributed by atoms with van der Waals surface area (Å²) in [6.45, 7) is 17.5. The minimum absolute atomic E-state index is 0.0313. The van der Waals surface area contributed by atoms with Crippen LogP contribution >= 0.6 is 0 Å². The lowest BCUT2D eigenvalue weighted by atomic mass is 9.37. The highest BCUT2D eigenvalue weighted by molar-refractivity contribution is 5.89. The lowest BCUT2D eigenvalue weighted by Crippen LogP contribution is -2.67. The van der Waals surface area contributed by atoms with Gasteiger partial charge in [-0.15, -0.1) is 0 Å². The van der Waals surface area contributed by atoms with E-state index in [2.05, 4.69) is 40.7 Å². The molecule has 46 heavy (non-hydrogen) atoms. The molecule has 4 fully saturated rings. The molecule has 3 saturated carbocycles. The Morgan fingerprint density at radius 3 is 2.17 bits per heavy atom. The number of rotatable bonds is 4. The monoisotopic (exact) mass is 636 g/mol. The van der Waals surface area contributed by atoms with Crippen LogP contribution in [-0.4, -0.2) is 58.8 Å². The van der Waals surface area contributed by atoms with Crippen molar-refractivity contribution in [1.82, 2.24) is 0 Å². The maximum absolute atomic E-state index is 13.3. The predicted octanol–water partition coefficient (Wildman–Crippen LogP) is 6.90. The van der Waals surface area contributed by atoms with Crippen molar-refractivity contribution >= 4 is 11.9 Å². The molecule has 7 heteroatoms. The third-order valence-electron chi connectivity index (χ3n) is 14.1. The van der Waals surface area contributed by atoms with E-state index < -0.39 is 17.8 Å². The molecule has 0 aromatic heterocycles. The van der Waals surface area contributed by atoms with E-state index in [4.69, 9.17) is 14.2 Å². The average Bonchev–Trinajstić information content (AvgIpc) is 3.31. The van der Waals surface area contributed by atoms with Crippen molar-refractivity contribution in [3.8, 4) is 0 Å². The fraction of sp³-hybridized carbons (Fsp3) is 0.744. The van der Waals surface area contributed by atoms with E-state index in [0.29, 0.717) is 36.8 Å². The minimum atomic E-state index is -0.911. The van der Waals surface area contributed by atoms with Crippen molar-refractivity contribution in [2.75, 3.05) is 6.61 Å². The van der Waals surface area contributed by atoms with Gasteiger partial charge in [-0.2, -0.15) is 0 Å². The molecule has 7 nitrogen and oxygen atoms in total. The summed E-state index contributed by atoms with van der Waals surface area (Å²) in [7, 11) is 0. The van der Waals surface area contributed by atoms with Crippen molar-refractivity contribution < 1.29 is 34.0 Å². The Balaban J connectivity index is 1.30. The van der Waals surface area contributed by atoms with Crippen molar-refractivity contribution in [2.24, 2.45) is 45.3 Å². The average molecular weight is 637 g/mol. The van der Waals surface area contributed by atoms with Crippen molar-refractivity contribution in [3.05, 3.63) is 47.5 Å². The summed E-state index contributed by atoms with van der Waals surface area (Å²) in [6, 6.07) is 9.14. The zero-order valence-electron chi connectivity index (χ0n) is 29.2. The van der Waals surface area contributed by atoms with Crippen molar-refractivity contribution in [1.29, 1.82) is 0 Å². The van der Waals surface area contributed by atoms with Crippen LogP contribution in [0.4, 0.5) is 0 Å². The maximum Gasteiger partial charge on any atom is 0.338 e. The number of carbonyl (C=O) groups is 2. The third-order valence-corrected chi connectivity index (χ3v) is 14.1. The Labute approximate surface area is 275 Å². The molecule has 1 aliphatic heterocycles. The summed E-state index contributed by atoms with van der Waals surface area (Å²) in [5.74, 6) is 0.352. The summed E-state index contributed by atoms with van der Waals surface area (Å²) >= 11 is 0. The first-order valence-corrected chi connectivity index (χ1v) is 17.6. The zero-order valence-corrected chi connectivity index (χ0v) is 29.2. The lowest BCUT2D eigenvalue weighted by Gasteiger charge is -2.68. The largest absolute Gasteiger partial charge is 0.462 e. The van der Waals surface area contributed by atoms with E-state index in [1.807, 2.05) is 32.0 Å². The normalized spacial score (nSPS) is 44.4. The third kappa shape index (κ3) is 5.09. The molecule has 6 rings (SSSR count). The number of ether oxygens (including phenoxy) is 3. The van der Waals surface area contributed by atoms with Gasteiger partial charge in [0, 0.05) is 24.2 Å². The minimum Gasteiger partial charge on any atom is -0.462 e. The Kier molecular flexibility index (Phi) is 8.38. The number of allylic oxidation sites excluding steroid dienone is 2. The number of aliphatic hydroxyl groups excluding tert-OH is 2. The molecule has 254 valence electrons. The molecule has 0 amide bonds.